The van der Waals surface area contributed by atoms with Crippen molar-refractivity contribution in [2.24, 2.45) is 0 Å². The average molecular weight is 406 g/mol. The van der Waals surface area contributed by atoms with Gasteiger partial charge < -0.3 is 9.84 Å². The molecule has 1 N–H and O–H groups in total. The summed E-state index contributed by atoms with van der Waals surface area (Å²) in [5.41, 5.74) is 2.11. The predicted molar refractivity (Wildman–Crippen MR) is 96.8 cm³/mol. The number of hydrogen-bond donors (Lipinski definition) is 1. The lowest BCUT2D eigenvalue weighted by molar-refractivity contribution is -0.121. The summed E-state index contributed by atoms with van der Waals surface area (Å²) < 4.78 is 6.25. The van der Waals surface area contributed by atoms with E-state index < -0.39 is 0 Å². The summed E-state index contributed by atoms with van der Waals surface area (Å²) in [5.74, 6) is 1.04. The number of hydrogen-bond acceptors (Lipinski definition) is 5. The number of carbonyl (C=O) groups excluding carboxylic acids is 1. The topological polar surface area (TPSA) is 68.0 Å². The molecule has 0 aliphatic heterocycles. The maximum Gasteiger partial charge on any atom is 0.227 e. The molecule has 0 radical (unpaired) electrons. The summed E-state index contributed by atoms with van der Waals surface area (Å²) in [6, 6.07) is 9.94. The first kappa shape index (κ1) is 16.9. The van der Waals surface area contributed by atoms with Crippen LogP contribution in [0, 0.1) is 0 Å². The molecule has 0 aliphatic carbocycles. The second-order valence-electron chi connectivity index (χ2n) is 5.22. The molecule has 0 spiro atoms. The molecule has 1 aromatic carbocycles. The Bertz CT molecular complexity index is 802. The Hall–Kier alpha value is -1.99. The largest absolute Gasteiger partial charge is 0.356 e. The molecule has 5 nitrogen and oxygen atoms in total. The van der Waals surface area contributed by atoms with E-state index in [9.17, 15) is 4.79 Å². The zero-order chi connectivity index (χ0) is 16.8. The highest BCUT2D eigenvalue weighted by Gasteiger charge is 2.11. The minimum Gasteiger partial charge on any atom is -0.356 e. The molecule has 3 aromatic rings. The highest BCUT2D eigenvalue weighted by molar-refractivity contribution is 9.10. The molecular formula is C17H16BrN3O2S. The fourth-order valence-electron chi connectivity index (χ4n) is 2.21. The zero-order valence-corrected chi connectivity index (χ0v) is 15.3. The molecule has 2 aromatic heterocycles. The van der Waals surface area contributed by atoms with Gasteiger partial charge in [0.1, 0.15) is 0 Å². The van der Waals surface area contributed by atoms with E-state index in [1.807, 2.05) is 41.1 Å². The van der Waals surface area contributed by atoms with Crippen LogP contribution in [0.3, 0.4) is 0 Å². The van der Waals surface area contributed by atoms with Crippen molar-refractivity contribution in [1.82, 2.24) is 15.5 Å². The third-order valence-electron chi connectivity index (χ3n) is 3.49. The number of halogens is 1. The summed E-state index contributed by atoms with van der Waals surface area (Å²) in [6.07, 6.45) is 1.56. The van der Waals surface area contributed by atoms with Crippen molar-refractivity contribution in [3.05, 3.63) is 57.0 Å². The number of amides is 1. The van der Waals surface area contributed by atoms with Crippen molar-refractivity contribution in [2.45, 2.75) is 19.3 Å². The van der Waals surface area contributed by atoms with Gasteiger partial charge in [0.15, 0.2) is 0 Å². The number of nitrogens with one attached hydrogen (secondary N) is 1. The molecule has 0 aliphatic rings. The van der Waals surface area contributed by atoms with Crippen LogP contribution >= 0.6 is 27.3 Å². The van der Waals surface area contributed by atoms with Crippen LogP contribution < -0.4 is 5.32 Å². The predicted octanol–water partition coefficient (Wildman–Crippen LogP) is 3.85. The minimum absolute atomic E-state index is 0.0164. The van der Waals surface area contributed by atoms with Crippen LogP contribution in [0.2, 0.25) is 0 Å². The van der Waals surface area contributed by atoms with E-state index >= 15 is 0 Å². The van der Waals surface area contributed by atoms with Crippen molar-refractivity contribution < 1.29 is 9.32 Å². The van der Waals surface area contributed by atoms with Gasteiger partial charge in [-0.25, -0.2) is 0 Å². The maximum atomic E-state index is 11.9. The Kier molecular flexibility index (Phi) is 5.77. The van der Waals surface area contributed by atoms with Gasteiger partial charge in [-0.15, -0.1) is 0 Å². The first-order valence-electron chi connectivity index (χ1n) is 7.57. The molecule has 0 atom stereocenters. The fraction of sp³-hybridized carbons (Fsp3) is 0.235. The summed E-state index contributed by atoms with van der Waals surface area (Å²) in [7, 11) is 0. The number of aryl methyl sites for hydroxylation is 1. The minimum atomic E-state index is -0.0164. The van der Waals surface area contributed by atoms with Crippen molar-refractivity contribution in [2.75, 3.05) is 6.54 Å². The number of rotatable bonds is 7. The van der Waals surface area contributed by atoms with Crippen LogP contribution in [0.4, 0.5) is 0 Å². The van der Waals surface area contributed by atoms with Crippen LogP contribution in [0.25, 0.3) is 11.4 Å². The number of benzene rings is 1. The van der Waals surface area contributed by atoms with Gasteiger partial charge in [0.2, 0.25) is 17.6 Å². The van der Waals surface area contributed by atoms with E-state index in [1.54, 1.807) is 11.3 Å². The Morgan fingerprint density at radius 2 is 2.12 bits per heavy atom. The lowest BCUT2D eigenvalue weighted by atomic mass is 10.1. The van der Waals surface area contributed by atoms with Crippen LogP contribution in [-0.2, 0) is 17.6 Å². The van der Waals surface area contributed by atoms with Gasteiger partial charge in [-0.1, -0.05) is 39.3 Å². The number of aromatic nitrogens is 2. The lowest BCUT2D eigenvalue weighted by Gasteiger charge is -2.06. The quantitative estimate of drug-likeness (QED) is 0.647. The Labute approximate surface area is 152 Å². The molecule has 24 heavy (non-hydrogen) atoms. The molecule has 0 fully saturated rings. The highest BCUT2D eigenvalue weighted by atomic mass is 79.9. The molecule has 3 rings (SSSR count). The highest BCUT2D eigenvalue weighted by Crippen LogP contribution is 2.19. The molecule has 0 bridgehead atoms. The smallest absolute Gasteiger partial charge is 0.227 e. The monoisotopic (exact) mass is 405 g/mol. The van der Waals surface area contributed by atoms with E-state index in [4.69, 9.17) is 4.52 Å². The van der Waals surface area contributed by atoms with E-state index in [-0.39, 0.29) is 5.91 Å². The zero-order valence-electron chi connectivity index (χ0n) is 12.9. The number of carbonyl (C=O) groups is 1. The SMILES string of the molecule is O=C(CCc1nc(-c2ccsc2)no1)NCCc1ccccc1Br. The van der Waals surface area contributed by atoms with Crippen molar-refractivity contribution in [1.29, 1.82) is 0 Å². The second-order valence-corrected chi connectivity index (χ2v) is 6.85. The first-order chi connectivity index (χ1) is 11.7. The second kappa shape index (κ2) is 8.21. The normalized spacial score (nSPS) is 10.7. The summed E-state index contributed by atoms with van der Waals surface area (Å²) in [4.78, 5) is 16.2. The molecular weight excluding hydrogens is 390 g/mol. The van der Waals surface area contributed by atoms with Crippen molar-refractivity contribution in [3.8, 4) is 11.4 Å². The van der Waals surface area contributed by atoms with Gasteiger partial charge in [-0.05, 0) is 29.5 Å². The molecule has 0 saturated heterocycles. The van der Waals surface area contributed by atoms with Gasteiger partial charge in [-0.3, -0.25) is 4.79 Å². The van der Waals surface area contributed by atoms with Crippen LogP contribution in [0.5, 0.6) is 0 Å². The summed E-state index contributed by atoms with van der Waals surface area (Å²) >= 11 is 5.08. The van der Waals surface area contributed by atoms with Crippen molar-refractivity contribution in [3.63, 3.8) is 0 Å². The molecule has 7 heteroatoms. The molecule has 0 saturated carbocycles. The van der Waals surface area contributed by atoms with Crippen LogP contribution in [0.15, 0.2) is 50.1 Å². The van der Waals surface area contributed by atoms with Gasteiger partial charge >= 0.3 is 0 Å². The fourth-order valence-corrected chi connectivity index (χ4v) is 3.33. The van der Waals surface area contributed by atoms with E-state index in [1.165, 1.54) is 5.56 Å². The Morgan fingerprint density at radius 1 is 1.25 bits per heavy atom. The molecule has 0 unspecified atom stereocenters. The summed E-state index contributed by atoms with van der Waals surface area (Å²) in [5, 5.41) is 10.8. The van der Waals surface area contributed by atoms with Crippen LogP contribution in [0.1, 0.15) is 17.9 Å². The van der Waals surface area contributed by atoms with E-state index in [0.29, 0.717) is 31.1 Å². The van der Waals surface area contributed by atoms with Gasteiger partial charge in [0, 0.05) is 34.8 Å². The number of nitrogens with zero attached hydrogens (tertiary/aromatic N) is 2. The molecule has 124 valence electrons. The summed E-state index contributed by atoms with van der Waals surface area (Å²) in [6.45, 7) is 0.603. The molecule has 2 heterocycles. The van der Waals surface area contributed by atoms with Gasteiger partial charge in [-0.2, -0.15) is 16.3 Å². The maximum absolute atomic E-state index is 11.9. The van der Waals surface area contributed by atoms with Crippen molar-refractivity contribution >= 4 is 33.2 Å². The number of thiophene rings is 1. The molecule has 1 amide bonds. The van der Waals surface area contributed by atoms with Crippen LogP contribution in [-0.4, -0.2) is 22.6 Å². The first-order valence-corrected chi connectivity index (χ1v) is 9.31. The van der Waals surface area contributed by atoms with Gasteiger partial charge in [0.25, 0.3) is 0 Å². The van der Waals surface area contributed by atoms with Gasteiger partial charge in [0.05, 0.1) is 0 Å². The van der Waals surface area contributed by atoms with E-state index in [0.717, 1.165) is 16.5 Å². The van der Waals surface area contributed by atoms with E-state index in [2.05, 4.69) is 31.4 Å². The lowest BCUT2D eigenvalue weighted by Crippen LogP contribution is -2.26. The Morgan fingerprint density at radius 3 is 2.92 bits per heavy atom. The third-order valence-corrected chi connectivity index (χ3v) is 4.94. The Balaban J connectivity index is 1.42. The average Bonchev–Trinajstić information content (AvgIpc) is 3.26. The standard InChI is InChI=1S/C17H16BrN3O2S/c18-14-4-2-1-3-12(14)7-9-19-15(22)5-6-16-20-17(21-23-16)13-8-10-24-11-13/h1-4,8,10-11H,5-7,9H2,(H,19,22). The third kappa shape index (κ3) is 4.52.